The third-order valence-electron chi connectivity index (χ3n) is 4.72. The number of benzene rings is 1. The number of carbonyl (C=O) groups excluding carboxylic acids is 2. The summed E-state index contributed by atoms with van der Waals surface area (Å²) < 4.78 is 0. The Balaban J connectivity index is 1.63. The summed E-state index contributed by atoms with van der Waals surface area (Å²) in [6.07, 6.45) is 6.13. The molecule has 5 heteroatoms. The summed E-state index contributed by atoms with van der Waals surface area (Å²) in [5, 5.41) is 0. The summed E-state index contributed by atoms with van der Waals surface area (Å²) in [6, 6.07) is 13.1. The van der Waals surface area contributed by atoms with Gasteiger partial charge < -0.3 is 9.80 Å². The molecule has 1 aliphatic heterocycles. The van der Waals surface area contributed by atoms with Crippen molar-refractivity contribution < 1.29 is 9.59 Å². The molecule has 0 spiro atoms. The van der Waals surface area contributed by atoms with E-state index in [2.05, 4.69) is 4.98 Å². The third-order valence-corrected chi connectivity index (χ3v) is 4.72. The van der Waals surface area contributed by atoms with Gasteiger partial charge in [0.15, 0.2) is 0 Å². The molecule has 0 aliphatic carbocycles. The zero-order chi connectivity index (χ0) is 17.6. The van der Waals surface area contributed by atoms with Gasteiger partial charge in [-0.25, -0.2) is 0 Å². The van der Waals surface area contributed by atoms with Gasteiger partial charge in [0.2, 0.25) is 11.8 Å². The average molecular weight is 337 g/mol. The lowest BCUT2D eigenvalue weighted by Gasteiger charge is -2.37. The fourth-order valence-corrected chi connectivity index (χ4v) is 3.23. The Morgan fingerprint density at radius 3 is 2.64 bits per heavy atom. The number of aromatic nitrogens is 1. The van der Waals surface area contributed by atoms with Crippen LogP contribution < -0.4 is 4.90 Å². The Morgan fingerprint density at radius 1 is 1.20 bits per heavy atom. The molecule has 1 fully saturated rings. The van der Waals surface area contributed by atoms with Crippen molar-refractivity contribution in [3.05, 3.63) is 60.4 Å². The number of carbonyl (C=O) groups is 2. The maximum atomic E-state index is 12.9. The molecular weight excluding hydrogens is 314 g/mol. The molecule has 25 heavy (non-hydrogen) atoms. The fourth-order valence-electron chi connectivity index (χ4n) is 3.23. The van der Waals surface area contributed by atoms with Crippen LogP contribution >= 0.6 is 0 Å². The van der Waals surface area contributed by atoms with Crippen molar-refractivity contribution in [1.82, 2.24) is 9.88 Å². The summed E-state index contributed by atoms with van der Waals surface area (Å²) in [5.74, 6) is 0.0160. The molecule has 1 saturated heterocycles. The molecule has 2 amide bonds. The first-order chi connectivity index (χ1) is 12.2. The quantitative estimate of drug-likeness (QED) is 0.843. The number of likely N-dealkylation sites (N-methyl/N-ethyl adjacent to an activating group) is 1. The number of pyridine rings is 1. The zero-order valence-corrected chi connectivity index (χ0v) is 14.5. The number of anilines is 1. The van der Waals surface area contributed by atoms with Crippen molar-refractivity contribution in [2.75, 3.05) is 18.5 Å². The van der Waals surface area contributed by atoms with E-state index in [9.17, 15) is 9.59 Å². The van der Waals surface area contributed by atoms with Crippen LogP contribution in [0.5, 0.6) is 0 Å². The molecule has 1 aromatic carbocycles. The standard InChI is InChI=1S/C20H23N3O2/c1-22(19(24)10-9-16-11-13-21-14-12-16)18-8-5-15-23(20(18)25)17-6-3-2-4-7-17/h2-4,6-7,11-14,18H,5,8-10,15H2,1H3. The highest BCUT2D eigenvalue weighted by molar-refractivity contribution is 5.99. The average Bonchev–Trinajstić information content (AvgIpc) is 2.67. The normalized spacial score (nSPS) is 17.4. The van der Waals surface area contributed by atoms with Crippen LogP contribution in [0.3, 0.4) is 0 Å². The summed E-state index contributed by atoms with van der Waals surface area (Å²) in [4.78, 5) is 32.8. The maximum absolute atomic E-state index is 12.9. The number of hydrogen-bond donors (Lipinski definition) is 0. The minimum atomic E-state index is -0.376. The maximum Gasteiger partial charge on any atom is 0.249 e. The molecule has 1 aliphatic rings. The second kappa shape index (κ2) is 7.92. The first-order valence-corrected chi connectivity index (χ1v) is 8.68. The van der Waals surface area contributed by atoms with E-state index in [0.29, 0.717) is 19.4 Å². The summed E-state index contributed by atoms with van der Waals surface area (Å²) in [7, 11) is 1.74. The number of aryl methyl sites for hydroxylation is 1. The van der Waals surface area contributed by atoms with Gasteiger partial charge in [-0.05, 0) is 49.1 Å². The van der Waals surface area contributed by atoms with Gasteiger partial charge in [0.1, 0.15) is 6.04 Å². The number of hydrogen-bond acceptors (Lipinski definition) is 3. The topological polar surface area (TPSA) is 53.5 Å². The van der Waals surface area contributed by atoms with Crippen LogP contribution in [0.15, 0.2) is 54.9 Å². The van der Waals surface area contributed by atoms with Crippen LogP contribution in [0.4, 0.5) is 5.69 Å². The Labute approximate surface area is 148 Å². The van der Waals surface area contributed by atoms with E-state index in [-0.39, 0.29) is 17.9 Å². The molecule has 5 nitrogen and oxygen atoms in total. The molecule has 2 heterocycles. The monoisotopic (exact) mass is 337 g/mol. The number of nitrogens with zero attached hydrogens (tertiary/aromatic N) is 3. The predicted octanol–water partition coefficient (Wildman–Crippen LogP) is 2.67. The van der Waals surface area contributed by atoms with Crippen molar-refractivity contribution in [3.8, 4) is 0 Å². The minimum absolute atomic E-state index is 0.00470. The Hall–Kier alpha value is -2.69. The zero-order valence-electron chi connectivity index (χ0n) is 14.5. The van der Waals surface area contributed by atoms with Gasteiger partial charge in [-0.2, -0.15) is 0 Å². The molecule has 0 radical (unpaired) electrons. The molecule has 0 saturated carbocycles. The van der Waals surface area contributed by atoms with E-state index >= 15 is 0 Å². The van der Waals surface area contributed by atoms with Crippen LogP contribution in [-0.4, -0.2) is 41.3 Å². The van der Waals surface area contributed by atoms with E-state index in [0.717, 1.165) is 24.1 Å². The molecule has 2 aromatic rings. The lowest BCUT2D eigenvalue weighted by Crippen LogP contribution is -2.53. The van der Waals surface area contributed by atoms with Crippen LogP contribution in [0.1, 0.15) is 24.8 Å². The van der Waals surface area contributed by atoms with Crippen molar-refractivity contribution in [3.63, 3.8) is 0 Å². The molecule has 130 valence electrons. The number of piperidine rings is 1. The van der Waals surface area contributed by atoms with Crippen molar-refractivity contribution in [2.24, 2.45) is 0 Å². The van der Waals surface area contributed by atoms with Crippen LogP contribution in [0, 0.1) is 0 Å². The number of amides is 2. The van der Waals surface area contributed by atoms with Gasteiger partial charge in [0.05, 0.1) is 0 Å². The summed E-state index contributed by atoms with van der Waals surface area (Å²) in [6.45, 7) is 0.707. The first-order valence-electron chi connectivity index (χ1n) is 8.68. The van der Waals surface area contributed by atoms with Gasteiger partial charge in [-0.15, -0.1) is 0 Å². The van der Waals surface area contributed by atoms with Crippen molar-refractivity contribution in [2.45, 2.75) is 31.7 Å². The van der Waals surface area contributed by atoms with E-state index in [4.69, 9.17) is 0 Å². The van der Waals surface area contributed by atoms with E-state index in [1.807, 2.05) is 42.5 Å². The lowest BCUT2D eigenvalue weighted by atomic mass is 10.0. The predicted molar refractivity (Wildman–Crippen MR) is 97.1 cm³/mol. The summed E-state index contributed by atoms with van der Waals surface area (Å²) in [5.41, 5.74) is 1.98. The van der Waals surface area contributed by atoms with Gasteiger partial charge in [-0.1, -0.05) is 18.2 Å². The summed E-state index contributed by atoms with van der Waals surface area (Å²) >= 11 is 0. The number of para-hydroxylation sites is 1. The van der Waals surface area contributed by atoms with E-state index < -0.39 is 0 Å². The highest BCUT2D eigenvalue weighted by Gasteiger charge is 2.34. The highest BCUT2D eigenvalue weighted by Crippen LogP contribution is 2.23. The van der Waals surface area contributed by atoms with Crippen LogP contribution in [-0.2, 0) is 16.0 Å². The van der Waals surface area contributed by atoms with E-state index in [1.54, 1.807) is 29.2 Å². The Kier molecular flexibility index (Phi) is 5.43. The van der Waals surface area contributed by atoms with Crippen LogP contribution in [0.2, 0.25) is 0 Å². The van der Waals surface area contributed by atoms with Crippen LogP contribution in [0.25, 0.3) is 0 Å². The SMILES string of the molecule is CN(C(=O)CCc1ccncc1)C1CCCN(c2ccccc2)C1=O. The van der Waals surface area contributed by atoms with Crippen molar-refractivity contribution in [1.29, 1.82) is 0 Å². The number of rotatable bonds is 5. The molecule has 1 atom stereocenters. The highest BCUT2D eigenvalue weighted by atomic mass is 16.2. The Bertz CT molecular complexity index is 718. The van der Waals surface area contributed by atoms with Gasteiger partial charge in [-0.3, -0.25) is 14.6 Å². The van der Waals surface area contributed by atoms with Gasteiger partial charge in [0.25, 0.3) is 0 Å². The minimum Gasteiger partial charge on any atom is -0.334 e. The second-order valence-electron chi connectivity index (χ2n) is 6.34. The molecule has 0 N–H and O–H groups in total. The molecular formula is C20H23N3O2. The molecule has 1 aromatic heterocycles. The van der Waals surface area contributed by atoms with Gasteiger partial charge >= 0.3 is 0 Å². The molecule has 3 rings (SSSR count). The first kappa shape index (κ1) is 17.1. The third kappa shape index (κ3) is 4.05. The molecule has 1 unspecified atom stereocenters. The lowest BCUT2D eigenvalue weighted by molar-refractivity contribution is -0.138. The van der Waals surface area contributed by atoms with Crippen molar-refractivity contribution >= 4 is 17.5 Å². The smallest absolute Gasteiger partial charge is 0.249 e. The largest absolute Gasteiger partial charge is 0.334 e. The fraction of sp³-hybridized carbons (Fsp3) is 0.350. The molecule has 0 bridgehead atoms. The Morgan fingerprint density at radius 2 is 1.92 bits per heavy atom. The van der Waals surface area contributed by atoms with Gasteiger partial charge in [0, 0.05) is 38.1 Å². The second-order valence-corrected chi connectivity index (χ2v) is 6.34. The van der Waals surface area contributed by atoms with E-state index in [1.165, 1.54) is 0 Å².